The number of ether oxygens (including phenoxy) is 2. The van der Waals surface area contributed by atoms with Crippen molar-refractivity contribution < 1.29 is 19.1 Å². The number of nitrogens with one attached hydrogen (secondary N) is 1. The lowest BCUT2D eigenvalue weighted by atomic mass is 10.3. The molecule has 0 aliphatic carbocycles. The monoisotopic (exact) mass is 265 g/mol. The fourth-order valence-corrected chi connectivity index (χ4v) is 1.39. The first-order chi connectivity index (χ1) is 9.13. The third-order valence-corrected chi connectivity index (χ3v) is 2.30. The molecule has 19 heavy (non-hydrogen) atoms. The van der Waals surface area contributed by atoms with E-state index in [0.717, 1.165) is 12.8 Å². The number of para-hydroxylation sites is 2. The topological polar surface area (TPSA) is 64.6 Å². The Morgan fingerprint density at radius 2 is 2.00 bits per heavy atom. The van der Waals surface area contributed by atoms with E-state index < -0.39 is 5.97 Å². The van der Waals surface area contributed by atoms with E-state index in [1.807, 2.05) is 6.92 Å². The number of hydrogen-bond acceptors (Lipinski definition) is 4. The first kappa shape index (κ1) is 15.0. The SMILES string of the molecule is CCCCOC(=O)COc1ccccc1NC(C)=O. The molecule has 0 bridgehead atoms. The van der Waals surface area contributed by atoms with Crippen molar-refractivity contribution in [3.05, 3.63) is 24.3 Å². The van der Waals surface area contributed by atoms with Crippen molar-refractivity contribution >= 4 is 17.6 Å². The highest BCUT2D eigenvalue weighted by atomic mass is 16.6. The molecular weight excluding hydrogens is 246 g/mol. The van der Waals surface area contributed by atoms with Gasteiger partial charge < -0.3 is 14.8 Å². The van der Waals surface area contributed by atoms with Gasteiger partial charge in [0.2, 0.25) is 5.91 Å². The maximum Gasteiger partial charge on any atom is 0.344 e. The number of esters is 1. The molecule has 0 heterocycles. The third-order valence-electron chi connectivity index (χ3n) is 2.30. The Morgan fingerprint density at radius 1 is 1.26 bits per heavy atom. The van der Waals surface area contributed by atoms with Crippen LogP contribution >= 0.6 is 0 Å². The molecule has 0 aromatic heterocycles. The molecule has 0 saturated carbocycles. The molecule has 1 aromatic rings. The normalized spacial score (nSPS) is 9.79. The van der Waals surface area contributed by atoms with Crippen LogP contribution in [0, 0.1) is 0 Å². The van der Waals surface area contributed by atoms with E-state index >= 15 is 0 Å². The molecule has 1 amide bonds. The number of carbonyl (C=O) groups excluding carboxylic acids is 2. The molecule has 0 radical (unpaired) electrons. The van der Waals surface area contributed by atoms with Crippen LogP contribution in [0.2, 0.25) is 0 Å². The van der Waals surface area contributed by atoms with Gasteiger partial charge in [0, 0.05) is 6.92 Å². The Labute approximate surface area is 112 Å². The van der Waals surface area contributed by atoms with Crippen LogP contribution in [0.3, 0.4) is 0 Å². The largest absolute Gasteiger partial charge is 0.480 e. The van der Waals surface area contributed by atoms with Crippen molar-refractivity contribution in [1.82, 2.24) is 0 Å². The first-order valence-corrected chi connectivity index (χ1v) is 6.28. The number of rotatable bonds is 7. The summed E-state index contributed by atoms with van der Waals surface area (Å²) in [5, 5.41) is 2.63. The standard InChI is InChI=1S/C14H19NO4/c1-3-4-9-18-14(17)10-19-13-8-6-5-7-12(13)15-11(2)16/h5-8H,3-4,9-10H2,1-2H3,(H,15,16). The summed E-state index contributed by atoms with van der Waals surface area (Å²) < 4.78 is 10.3. The van der Waals surface area contributed by atoms with Crippen LogP contribution in [-0.2, 0) is 14.3 Å². The minimum atomic E-state index is -0.411. The summed E-state index contributed by atoms with van der Waals surface area (Å²) in [7, 11) is 0. The van der Waals surface area contributed by atoms with Crippen LogP contribution in [0.1, 0.15) is 26.7 Å². The Morgan fingerprint density at radius 3 is 2.68 bits per heavy atom. The van der Waals surface area contributed by atoms with Gasteiger partial charge in [-0.05, 0) is 18.6 Å². The number of anilines is 1. The molecule has 0 spiro atoms. The first-order valence-electron chi connectivity index (χ1n) is 6.28. The Balaban J connectivity index is 2.48. The maximum atomic E-state index is 11.4. The molecule has 0 saturated heterocycles. The van der Waals surface area contributed by atoms with Crippen LogP contribution < -0.4 is 10.1 Å². The van der Waals surface area contributed by atoms with E-state index in [9.17, 15) is 9.59 Å². The fraction of sp³-hybridized carbons (Fsp3) is 0.429. The molecule has 1 rings (SSSR count). The van der Waals surface area contributed by atoms with Gasteiger partial charge in [0.1, 0.15) is 5.75 Å². The summed E-state index contributed by atoms with van der Waals surface area (Å²) in [6.07, 6.45) is 1.81. The van der Waals surface area contributed by atoms with E-state index in [1.165, 1.54) is 6.92 Å². The quantitative estimate of drug-likeness (QED) is 0.607. The summed E-state index contributed by atoms with van der Waals surface area (Å²) >= 11 is 0. The van der Waals surface area contributed by atoms with Crippen LogP contribution in [0.4, 0.5) is 5.69 Å². The second-order valence-electron chi connectivity index (χ2n) is 4.04. The molecule has 0 fully saturated rings. The molecule has 104 valence electrons. The average molecular weight is 265 g/mol. The predicted octanol–water partition coefficient (Wildman–Crippen LogP) is 2.37. The summed E-state index contributed by atoms with van der Waals surface area (Å²) in [5.74, 6) is -0.155. The summed E-state index contributed by atoms with van der Waals surface area (Å²) in [6.45, 7) is 3.68. The highest BCUT2D eigenvalue weighted by Gasteiger charge is 2.08. The Hall–Kier alpha value is -2.04. The van der Waals surface area contributed by atoms with Crippen molar-refractivity contribution in [3.63, 3.8) is 0 Å². The van der Waals surface area contributed by atoms with Gasteiger partial charge in [-0.15, -0.1) is 0 Å². The zero-order valence-corrected chi connectivity index (χ0v) is 11.3. The van der Waals surface area contributed by atoms with Crippen LogP contribution in [0.5, 0.6) is 5.75 Å². The Kier molecular flexibility index (Phi) is 6.43. The van der Waals surface area contributed by atoms with Crippen molar-refractivity contribution in [2.24, 2.45) is 0 Å². The smallest absolute Gasteiger partial charge is 0.344 e. The molecule has 0 aliphatic heterocycles. The van der Waals surface area contributed by atoms with Crippen molar-refractivity contribution in [1.29, 1.82) is 0 Å². The van der Waals surface area contributed by atoms with E-state index in [2.05, 4.69) is 5.32 Å². The highest BCUT2D eigenvalue weighted by Crippen LogP contribution is 2.23. The minimum Gasteiger partial charge on any atom is -0.480 e. The molecule has 0 aliphatic rings. The van der Waals surface area contributed by atoms with E-state index in [0.29, 0.717) is 18.0 Å². The van der Waals surface area contributed by atoms with Gasteiger partial charge in [0.15, 0.2) is 6.61 Å². The van der Waals surface area contributed by atoms with E-state index in [-0.39, 0.29) is 12.5 Å². The lowest BCUT2D eigenvalue weighted by molar-refractivity contribution is -0.146. The third kappa shape index (κ3) is 5.90. The highest BCUT2D eigenvalue weighted by molar-refractivity contribution is 5.90. The van der Waals surface area contributed by atoms with Crippen LogP contribution in [-0.4, -0.2) is 25.1 Å². The fourth-order valence-electron chi connectivity index (χ4n) is 1.39. The molecule has 0 unspecified atom stereocenters. The zero-order chi connectivity index (χ0) is 14.1. The lowest BCUT2D eigenvalue weighted by Crippen LogP contribution is -2.16. The van der Waals surface area contributed by atoms with Gasteiger partial charge >= 0.3 is 5.97 Å². The number of benzene rings is 1. The number of carbonyl (C=O) groups is 2. The zero-order valence-electron chi connectivity index (χ0n) is 11.3. The minimum absolute atomic E-state index is 0.166. The van der Waals surface area contributed by atoms with Crippen LogP contribution in [0.15, 0.2) is 24.3 Å². The number of unbranched alkanes of at least 4 members (excludes halogenated alkanes) is 1. The molecular formula is C14H19NO4. The van der Waals surface area contributed by atoms with Crippen molar-refractivity contribution in [2.75, 3.05) is 18.5 Å². The summed E-state index contributed by atoms with van der Waals surface area (Å²) in [5.41, 5.74) is 0.538. The van der Waals surface area contributed by atoms with Gasteiger partial charge in [-0.2, -0.15) is 0 Å². The molecule has 5 heteroatoms. The Bertz CT molecular complexity index is 431. The van der Waals surface area contributed by atoms with E-state index in [4.69, 9.17) is 9.47 Å². The maximum absolute atomic E-state index is 11.4. The molecule has 1 aromatic carbocycles. The van der Waals surface area contributed by atoms with E-state index in [1.54, 1.807) is 24.3 Å². The molecule has 5 nitrogen and oxygen atoms in total. The van der Waals surface area contributed by atoms with Gasteiger partial charge in [0.25, 0.3) is 0 Å². The van der Waals surface area contributed by atoms with Gasteiger partial charge in [-0.25, -0.2) is 4.79 Å². The summed E-state index contributed by atoms with van der Waals surface area (Å²) in [4.78, 5) is 22.4. The number of hydrogen-bond donors (Lipinski definition) is 1. The van der Waals surface area contributed by atoms with Gasteiger partial charge in [0.05, 0.1) is 12.3 Å². The van der Waals surface area contributed by atoms with Crippen molar-refractivity contribution in [2.45, 2.75) is 26.7 Å². The van der Waals surface area contributed by atoms with Gasteiger partial charge in [-0.1, -0.05) is 25.5 Å². The molecule has 0 atom stereocenters. The van der Waals surface area contributed by atoms with Gasteiger partial charge in [-0.3, -0.25) is 4.79 Å². The van der Waals surface area contributed by atoms with Crippen LogP contribution in [0.25, 0.3) is 0 Å². The second kappa shape index (κ2) is 8.13. The predicted molar refractivity (Wildman–Crippen MR) is 72.1 cm³/mol. The summed E-state index contributed by atoms with van der Waals surface area (Å²) in [6, 6.07) is 6.94. The number of amides is 1. The van der Waals surface area contributed by atoms with Crippen molar-refractivity contribution in [3.8, 4) is 5.75 Å². The molecule has 1 N–H and O–H groups in total. The second-order valence-corrected chi connectivity index (χ2v) is 4.04. The lowest BCUT2D eigenvalue weighted by Gasteiger charge is -2.11. The average Bonchev–Trinajstić information content (AvgIpc) is 2.37.